The normalized spacial score (nSPS) is 14.8. The zero-order chi connectivity index (χ0) is 16.2. The molecule has 0 fully saturated rings. The van der Waals surface area contributed by atoms with Crippen LogP contribution in [0.15, 0.2) is 29.4 Å². The van der Waals surface area contributed by atoms with Gasteiger partial charge in [-0.05, 0) is 48.8 Å². The smallest absolute Gasteiger partial charge is 0.151 e. The van der Waals surface area contributed by atoms with Crippen molar-refractivity contribution in [2.24, 2.45) is 0 Å². The largest absolute Gasteiger partial charge is 0.494 e. The maximum atomic E-state index is 12.7. The molecule has 0 amide bonds. The lowest BCUT2D eigenvalue weighted by Gasteiger charge is -2.32. The summed E-state index contributed by atoms with van der Waals surface area (Å²) in [7, 11) is 0.453. The van der Waals surface area contributed by atoms with Crippen molar-refractivity contribution in [3.8, 4) is 5.75 Å². The lowest BCUT2D eigenvalue weighted by atomic mass is 10.2. The summed E-state index contributed by atoms with van der Waals surface area (Å²) in [6, 6.07) is 3.51. The van der Waals surface area contributed by atoms with Crippen LogP contribution in [0.5, 0.6) is 5.75 Å². The molecule has 1 rings (SSSR count). The van der Waals surface area contributed by atoms with Gasteiger partial charge in [0.2, 0.25) is 0 Å². The first-order valence-electron chi connectivity index (χ1n) is 6.77. The molecular formula is C15H23BrN2O2S. The first-order chi connectivity index (χ1) is 9.76. The molecule has 21 heavy (non-hydrogen) atoms. The van der Waals surface area contributed by atoms with Crippen LogP contribution in [0.2, 0.25) is 0 Å². The van der Waals surface area contributed by atoms with Gasteiger partial charge in [0, 0.05) is 6.54 Å². The molecule has 0 N–H and O–H groups in total. The van der Waals surface area contributed by atoms with Crippen LogP contribution in [0.3, 0.4) is 0 Å². The Balaban J connectivity index is 3.19. The maximum absolute atomic E-state index is 12.7. The van der Waals surface area contributed by atoms with Crippen LogP contribution in [0.4, 0.5) is 0 Å². The number of hydrogen-bond donors (Lipinski definition) is 0. The van der Waals surface area contributed by atoms with Crippen molar-refractivity contribution >= 4 is 26.9 Å². The molecule has 0 unspecified atom stereocenters. The fraction of sp³-hybridized carbons (Fsp3) is 0.533. The van der Waals surface area contributed by atoms with Gasteiger partial charge in [-0.15, -0.1) is 6.58 Å². The second-order valence-corrected chi connectivity index (χ2v) is 8.45. The summed E-state index contributed by atoms with van der Waals surface area (Å²) in [4.78, 5) is 4.49. The molecule has 0 aliphatic rings. The lowest BCUT2D eigenvalue weighted by molar-refractivity contribution is 0.389. The van der Waals surface area contributed by atoms with Gasteiger partial charge in [0.25, 0.3) is 0 Å². The van der Waals surface area contributed by atoms with Gasteiger partial charge in [0.1, 0.15) is 15.6 Å². The molecule has 0 spiro atoms. The number of rotatable bonds is 6. The van der Waals surface area contributed by atoms with Crippen LogP contribution in [0.25, 0.3) is 0 Å². The van der Waals surface area contributed by atoms with Gasteiger partial charge in [-0.3, -0.25) is 0 Å². The highest BCUT2D eigenvalue weighted by Gasteiger charge is 2.30. The van der Waals surface area contributed by atoms with Gasteiger partial charge < -0.3 is 4.74 Å². The highest BCUT2D eigenvalue weighted by atomic mass is 79.9. The maximum Gasteiger partial charge on any atom is 0.151 e. The molecule has 0 aliphatic carbocycles. The molecule has 0 aromatic carbocycles. The van der Waals surface area contributed by atoms with E-state index in [0.29, 0.717) is 16.9 Å². The molecule has 0 radical (unpaired) electrons. The zero-order valence-electron chi connectivity index (χ0n) is 13.2. The Morgan fingerprint density at radius 2 is 2.14 bits per heavy atom. The van der Waals surface area contributed by atoms with E-state index in [1.165, 1.54) is 0 Å². The van der Waals surface area contributed by atoms with E-state index in [4.69, 9.17) is 4.74 Å². The van der Waals surface area contributed by atoms with Gasteiger partial charge >= 0.3 is 0 Å². The van der Waals surface area contributed by atoms with E-state index in [1.807, 2.05) is 44.1 Å². The fourth-order valence-corrected chi connectivity index (χ4v) is 3.74. The molecule has 0 bridgehead atoms. The quantitative estimate of drug-likeness (QED) is 0.560. The number of pyridine rings is 1. The number of nitrogens with zero attached hydrogens (tertiary/aromatic N) is 2. The highest BCUT2D eigenvalue weighted by molar-refractivity contribution is 9.10. The van der Waals surface area contributed by atoms with Crippen molar-refractivity contribution < 1.29 is 8.95 Å². The Labute approximate surface area is 138 Å². The minimum atomic E-state index is -1.14. The number of halogens is 1. The van der Waals surface area contributed by atoms with Crippen LogP contribution in [-0.2, 0) is 11.0 Å². The van der Waals surface area contributed by atoms with Gasteiger partial charge in [-0.2, -0.15) is 0 Å². The van der Waals surface area contributed by atoms with E-state index in [2.05, 4.69) is 27.5 Å². The van der Waals surface area contributed by atoms with Gasteiger partial charge in [0.05, 0.1) is 23.6 Å². The predicted molar refractivity (Wildman–Crippen MR) is 91.7 cm³/mol. The molecule has 4 nitrogen and oxygen atoms in total. The number of methoxy groups -OCH3 is 1. The zero-order valence-corrected chi connectivity index (χ0v) is 15.6. The molecule has 0 saturated heterocycles. The molecule has 1 aromatic heterocycles. The van der Waals surface area contributed by atoms with E-state index < -0.39 is 11.0 Å². The van der Waals surface area contributed by atoms with E-state index in [0.717, 1.165) is 5.69 Å². The monoisotopic (exact) mass is 374 g/mol. The summed E-state index contributed by atoms with van der Waals surface area (Å²) < 4.78 is 20.1. The molecule has 2 atom stereocenters. The predicted octanol–water partition coefficient (Wildman–Crippen LogP) is 3.86. The molecule has 0 saturated carbocycles. The van der Waals surface area contributed by atoms with Crippen LogP contribution in [-0.4, -0.2) is 31.9 Å². The Bertz CT molecular complexity index is 529. The summed E-state index contributed by atoms with van der Waals surface area (Å²) in [6.07, 6.45) is 1.77. The second-order valence-electron chi connectivity index (χ2n) is 5.50. The number of aromatic nitrogens is 1. The Morgan fingerprint density at radius 3 is 2.52 bits per heavy atom. The molecule has 0 aliphatic heterocycles. The van der Waals surface area contributed by atoms with Crippen molar-refractivity contribution in [1.82, 2.24) is 9.29 Å². The van der Waals surface area contributed by atoms with E-state index in [9.17, 15) is 4.21 Å². The van der Waals surface area contributed by atoms with E-state index in [1.54, 1.807) is 13.2 Å². The molecule has 118 valence electrons. The van der Waals surface area contributed by atoms with Crippen LogP contribution in [0, 0.1) is 0 Å². The standard InChI is InChI=1S/C15H23BrN2O2S/c1-7-12(18(8-2)21(19)15(3,4)5)11-9-10-13(20-6)14(16)17-11/h7,9-10,12H,1,8H2,2-6H3/t12-,21-/m1/s1. The third kappa shape index (κ3) is 4.37. The first kappa shape index (κ1) is 18.3. The van der Waals surface area contributed by atoms with Crippen molar-refractivity contribution in [3.63, 3.8) is 0 Å². The number of hydrogen-bond acceptors (Lipinski definition) is 3. The first-order valence-corrected chi connectivity index (χ1v) is 8.67. The van der Waals surface area contributed by atoms with Gasteiger partial charge in [0.15, 0.2) is 5.75 Å². The third-order valence-corrected chi connectivity index (χ3v) is 5.47. The number of ether oxygens (including phenoxy) is 1. The summed E-state index contributed by atoms with van der Waals surface area (Å²) >= 11 is 3.39. The van der Waals surface area contributed by atoms with Crippen molar-refractivity contribution in [2.75, 3.05) is 13.7 Å². The van der Waals surface area contributed by atoms with Crippen molar-refractivity contribution in [2.45, 2.75) is 38.5 Å². The fourth-order valence-electron chi connectivity index (χ4n) is 1.91. The highest BCUT2D eigenvalue weighted by Crippen LogP contribution is 2.30. The minimum Gasteiger partial charge on any atom is -0.494 e. The summed E-state index contributed by atoms with van der Waals surface area (Å²) in [6.45, 7) is 12.4. The average molecular weight is 375 g/mol. The van der Waals surface area contributed by atoms with Gasteiger partial charge in [-0.1, -0.05) is 13.0 Å². The summed E-state index contributed by atoms with van der Waals surface area (Å²) in [5, 5.41) is 0. The Kier molecular flexibility index (Phi) is 6.56. The third-order valence-electron chi connectivity index (χ3n) is 2.94. The van der Waals surface area contributed by atoms with Gasteiger partial charge in [-0.25, -0.2) is 13.5 Å². The lowest BCUT2D eigenvalue weighted by Crippen LogP contribution is -2.39. The minimum absolute atomic E-state index is 0.211. The van der Waals surface area contributed by atoms with E-state index >= 15 is 0 Å². The van der Waals surface area contributed by atoms with E-state index in [-0.39, 0.29) is 10.8 Å². The Morgan fingerprint density at radius 1 is 1.52 bits per heavy atom. The van der Waals surface area contributed by atoms with Crippen LogP contribution in [0.1, 0.15) is 39.4 Å². The molecule has 1 heterocycles. The summed E-state index contributed by atoms with van der Waals surface area (Å²) in [5.74, 6) is 0.668. The SMILES string of the molecule is C=C[C@H](c1ccc(OC)c(Br)n1)N(CC)[S@](=O)C(C)(C)C. The Hall–Kier alpha value is -0.720. The second kappa shape index (κ2) is 7.51. The van der Waals surface area contributed by atoms with Crippen LogP contribution < -0.4 is 4.74 Å². The summed E-state index contributed by atoms with van der Waals surface area (Å²) in [5.41, 5.74) is 0.789. The van der Waals surface area contributed by atoms with Crippen LogP contribution >= 0.6 is 15.9 Å². The average Bonchev–Trinajstić information content (AvgIpc) is 2.42. The molecule has 6 heteroatoms. The number of likely N-dealkylation sites (N-methyl/N-ethyl adjacent to an activating group) is 1. The molecule has 1 aromatic rings. The molecular weight excluding hydrogens is 352 g/mol. The van der Waals surface area contributed by atoms with Crippen molar-refractivity contribution in [1.29, 1.82) is 0 Å². The van der Waals surface area contributed by atoms with Crippen molar-refractivity contribution in [3.05, 3.63) is 35.1 Å². The topological polar surface area (TPSA) is 42.4 Å².